The summed E-state index contributed by atoms with van der Waals surface area (Å²) in [5.74, 6) is -0.639. The minimum atomic E-state index is -3.73. The summed E-state index contributed by atoms with van der Waals surface area (Å²) in [7, 11) is -3.73. The molecule has 0 radical (unpaired) electrons. The zero-order chi connectivity index (χ0) is 22.9. The van der Waals surface area contributed by atoms with Crippen LogP contribution >= 0.6 is 11.3 Å². The Morgan fingerprint density at radius 1 is 1.06 bits per heavy atom. The third kappa shape index (κ3) is 4.59. The fraction of sp³-hybridized carbons (Fsp3) is 0.217. The van der Waals surface area contributed by atoms with Crippen LogP contribution in [0.25, 0.3) is 0 Å². The highest BCUT2D eigenvalue weighted by molar-refractivity contribution is 7.89. The molecule has 1 aromatic heterocycles. The molecule has 3 aromatic rings. The molecule has 0 aliphatic carbocycles. The van der Waals surface area contributed by atoms with Crippen LogP contribution in [0.1, 0.15) is 33.3 Å². The van der Waals surface area contributed by atoms with Crippen LogP contribution in [-0.2, 0) is 27.8 Å². The van der Waals surface area contributed by atoms with Crippen molar-refractivity contribution in [1.29, 1.82) is 0 Å². The Balaban J connectivity index is 1.55. The van der Waals surface area contributed by atoms with E-state index in [1.54, 1.807) is 41.7 Å². The van der Waals surface area contributed by atoms with Crippen LogP contribution in [0.5, 0.6) is 0 Å². The highest BCUT2D eigenvalue weighted by Crippen LogP contribution is 2.28. The second-order valence-corrected chi connectivity index (χ2v) is 10.6. The fourth-order valence-electron chi connectivity index (χ4n) is 3.61. The van der Waals surface area contributed by atoms with E-state index in [1.165, 1.54) is 28.2 Å². The topological polar surface area (TPSA) is 95.6 Å². The quantitative estimate of drug-likeness (QED) is 0.590. The Bertz CT molecular complexity index is 1300. The van der Waals surface area contributed by atoms with Crippen LogP contribution in [-0.4, -0.2) is 31.1 Å². The number of thiophene rings is 1. The maximum Gasteiger partial charge on any atom is 0.255 e. The van der Waals surface area contributed by atoms with Crippen molar-refractivity contribution < 1.29 is 18.0 Å². The minimum Gasteiger partial charge on any atom is -0.326 e. The van der Waals surface area contributed by atoms with E-state index in [2.05, 4.69) is 10.6 Å². The molecule has 0 spiro atoms. The van der Waals surface area contributed by atoms with Gasteiger partial charge in [-0.15, -0.1) is 11.3 Å². The molecule has 7 nitrogen and oxygen atoms in total. The van der Waals surface area contributed by atoms with Crippen molar-refractivity contribution in [2.24, 2.45) is 0 Å². The number of nitrogens with one attached hydrogen (secondary N) is 2. The van der Waals surface area contributed by atoms with Crippen LogP contribution in [0, 0.1) is 6.92 Å². The number of sulfonamides is 1. The van der Waals surface area contributed by atoms with E-state index in [1.807, 2.05) is 18.4 Å². The zero-order valence-electron chi connectivity index (χ0n) is 17.7. The number of carbonyl (C=O) groups is 2. The summed E-state index contributed by atoms with van der Waals surface area (Å²) < 4.78 is 27.9. The van der Waals surface area contributed by atoms with Gasteiger partial charge in [-0.3, -0.25) is 9.59 Å². The van der Waals surface area contributed by atoms with Gasteiger partial charge in [0.1, 0.15) is 0 Å². The van der Waals surface area contributed by atoms with Gasteiger partial charge in [-0.1, -0.05) is 12.1 Å². The fourth-order valence-corrected chi connectivity index (χ4v) is 5.96. The Morgan fingerprint density at radius 3 is 2.66 bits per heavy atom. The van der Waals surface area contributed by atoms with E-state index in [0.717, 1.165) is 11.1 Å². The highest BCUT2D eigenvalue weighted by atomic mass is 32.2. The lowest BCUT2D eigenvalue weighted by Crippen LogP contribution is -2.35. The summed E-state index contributed by atoms with van der Waals surface area (Å²) in [5.41, 5.74) is 3.19. The molecule has 4 rings (SSSR count). The molecule has 0 saturated heterocycles. The molecular weight excluding hydrogens is 446 g/mol. The SMILES string of the molecule is CC(=O)Nc1ccc(C)c(NC(=O)c2cccc(S(=O)(=O)N3CCc4sccc4C3)c2)c1. The van der Waals surface area contributed by atoms with E-state index in [0.29, 0.717) is 30.9 Å². The number of fused-ring (bicyclic) bond motifs is 1. The summed E-state index contributed by atoms with van der Waals surface area (Å²) in [6, 6.07) is 13.2. The van der Waals surface area contributed by atoms with E-state index in [4.69, 9.17) is 0 Å². The van der Waals surface area contributed by atoms with Crippen molar-refractivity contribution in [3.63, 3.8) is 0 Å². The van der Waals surface area contributed by atoms with Crippen LogP contribution in [0.2, 0.25) is 0 Å². The smallest absolute Gasteiger partial charge is 0.255 e. The predicted molar refractivity (Wildman–Crippen MR) is 125 cm³/mol. The number of carbonyl (C=O) groups excluding carboxylic acids is 2. The van der Waals surface area contributed by atoms with Gasteiger partial charge in [0.05, 0.1) is 4.90 Å². The second-order valence-electron chi connectivity index (χ2n) is 7.65. The molecule has 1 aliphatic rings. The molecular formula is C23H23N3O4S2. The molecule has 32 heavy (non-hydrogen) atoms. The van der Waals surface area contributed by atoms with Gasteiger partial charge in [-0.05, 0) is 66.2 Å². The zero-order valence-corrected chi connectivity index (χ0v) is 19.3. The normalized spacial score (nSPS) is 13.9. The molecule has 9 heteroatoms. The van der Waals surface area contributed by atoms with Crippen molar-refractivity contribution in [2.45, 2.75) is 31.7 Å². The van der Waals surface area contributed by atoms with Crippen molar-refractivity contribution in [3.05, 3.63) is 75.5 Å². The number of hydrogen-bond acceptors (Lipinski definition) is 5. The Hall–Kier alpha value is -3.01. The molecule has 0 saturated carbocycles. The number of hydrogen-bond donors (Lipinski definition) is 2. The van der Waals surface area contributed by atoms with Crippen LogP contribution in [0.3, 0.4) is 0 Å². The van der Waals surface area contributed by atoms with Gasteiger partial charge in [-0.25, -0.2) is 8.42 Å². The minimum absolute atomic E-state index is 0.0903. The molecule has 1 aliphatic heterocycles. The van der Waals surface area contributed by atoms with Crippen LogP contribution < -0.4 is 10.6 Å². The molecule has 2 aromatic carbocycles. The van der Waals surface area contributed by atoms with Crippen molar-refractivity contribution in [2.75, 3.05) is 17.2 Å². The van der Waals surface area contributed by atoms with Crippen LogP contribution in [0.15, 0.2) is 58.8 Å². The van der Waals surface area contributed by atoms with Gasteiger partial charge in [0, 0.05) is 41.8 Å². The Labute approximate surface area is 191 Å². The van der Waals surface area contributed by atoms with E-state index in [-0.39, 0.29) is 16.4 Å². The van der Waals surface area contributed by atoms with E-state index >= 15 is 0 Å². The first-order valence-electron chi connectivity index (χ1n) is 10.1. The standard InChI is InChI=1S/C23H23N3O4S2/c1-15-6-7-19(24-16(2)27)13-21(15)25-23(28)17-4-3-5-20(12-17)32(29,30)26-10-8-22-18(14-26)9-11-31-22/h3-7,9,11-13H,8,10,14H2,1-2H3,(H,24,27)(H,25,28). The first-order chi connectivity index (χ1) is 15.2. The third-order valence-electron chi connectivity index (χ3n) is 5.31. The first kappa shape index (κ1) is 22.2. The summed E-state index contributed by atoms with van der Waals surface area (Å²) >= 11 is 1.65. The molecule has 0 fully saturated rings. The molecule has 166 valence electrons. The molecule has 0 unspecified atom stereocenters. The van der Waals surface area contributed by atoms with E-state index < -0.39 is 15.9 Å². The average molecular weight is 470 g/mol. The number of amides is 2. The highest BCUT2D eigenvalue weighted by Gasteiger charge is 2.29. The van der Waals surface area contributed by atoms with Crippen molar-refractivity contribution in [3.8, 4) is 0 Å². The summed E-state index contributed by atoms with van der Waals surface area (Å²) in [4.78, 5) is 25.5. The summed E-state index contributed by atoms with van der Waals surface area (Å²) in [6.45, 7) is 4.00. The summed E-state index contributed by atoms with van der Waals surface area (Å²) in [6.07, 6.45) is 0.691. The average Bonchev–Trinajstić information content (AvgIpc) is 3.24. The lowest BCUT2D eigenvalue weighted by Gasteiger charge is -2.26. The van der Waals surface area contributed by atoms with Gasteiger partial charge < -0.3 is 10.6 Å². The number of aryl methyl sites for hydroxylation is 1. The maximum atomic E-state index is 13.2. The molecule has 2 amide bonds. The van der Waals surface area contributed by atoms with Gasteiger partial charge in [0.2, 0.25) is 15.9 Å². The van der Waals surface area contributed by atoms with E-state index in [9.17, 15) is 18.0 Å². The number of rotatable bonds is 5. The first-order valence-corrected chi connectivity index (χ1v) is 12.4. The van der Waals surface area contributed by atoms with Crippen molar-refractivity contribution >= 4 is 44.5 Å². The van der Waals surface area contributed by atoms with Gasteiger partial charge in [0.25, 0.3) is 5.91 Å². The second kappa shape index (κ2) is 8.85. The molecule has 2 N–H and O–H groups in total. The lowest BCUT2D eigenvalue weighted by atomic mass is 10.1. The summed E-state index contributed by atoms with van der Waals surface area (Å²) in [5, 5.41) is 7.47. The molecule has 0 atom stereocenters. The Kier molecular flexibility index (Phi) is 6.14. The third-order valence-corrected chi connectivity index (χ3v) is 8.18. The molecule has 2 heterocycles. The van der Waals surface area contributed by atoms with Crippen molar-refractivity contribution in [1.82, 2.24) is 4.31 Å². The van der Waals surface area contributed by atoms with Gasteiger partial charge in [-0.2, -0.15) is 4.31 Å². The monoisotopic (exact) mass is 469 g/mol. The van der Waals surface area contributed by atoms with Crippen LogP contribution in [0.4, 0.5) is 11.4 Å². The number of anilines is 2. The number of benzene rings is 2. The number of nitrogens with zero attached hydrogens (tertiary/aromatic N) is 1. The van der Waals surface area contributed by atoms with Gasteiger partial charge in [0.15, 0.2) is 0 Å². The maximum absolute atomic E-state index is 13.2. The van der Waals surface area contributed by atoms with Gasteiger partial charge >= 0.3 is 0 Å². The largest absolute Gasteiger partial charge is 0.326 e. The lowest BCUT2D eigenvalue weighted by molar-refractivity contribution is -0.114. The Morgan fingerprint density at radius 2 is 1.88 bits per heavy atom. The predicted octanol–water partition coefficient (Wildman–Crippen LogP) is 4.01. The molecule has 0 bridgehead atoms.